The van der Waals surface area contributed by atoms with E-state index in [0.29, 0.717) is 0 Å². The highest BCUT2D eigenvalue weighted by molar-refractivity contribution is 6.94. The fourth-order valence-corrected chi connectivity index (χ4v) is 5.18. The number of allylic oxidation sites excluding steroid dienone is 4. The first-order valence-corrected chi connectivity index (χ1v) is 8.40. The van der Waals surface area contributed by atoms with Gasteiger partial charge in [0.05, 0.1) is 8.41 Å². The summed E-state index contributed by atoms with van der Waals surface area (Å²) in [6.45, 7) is 0. The van der Waals surface area contributed by atoms with Gasteiger partial charge in [0, 0.05) is 12.0 Å². The minimum Gasteiger partial charge on any atom is -0.0764 e. The van der Waals surface area contributed by atoms with Gasteiger partial charge in [-0.15, -0.1) is 0 Å². The fourth-order valence-electron chi connectivity index (χ4n) is 2.50. The second-order valence-electron chi connectivity index (χ2n) is 4.78. The lowest BCUT2D eigenvalue weighted by Gasteiger charge is -2.16. The van der Waals surface area contributed by atoms with Crippen LogP contribution in [0.5, 0.6) is 0 Å². The van der Waals surface area contributed by atoms with Gasteiger partial charge in [0.1, 0.15) is 0 Å². The van der Waals surface area contributed by atoms with Crippen molar-refractivity contribution in [3.8, 4) is 5.92 Å². The van der Waals surface area contributed by atoms with Crippen LogP contribution in [0.3, 0.4) is 0 Å². The molecule has 98 valence electrons. The molecule has 0 aliphatic heterocycles. The Kier molecular flexibility index (Phi) is 4.09. The van der Waals surface area contributed by atoms with E-state index in [2.05, 4.69) is 60.9 Å². The molecule has 2 aromatic rings. The van der Waals surface area contributed by atoms with Crippen LogP contribution in [-0.2, 0) is 0 Å². The molecular formula is C20H14Si. The van der Waals surface area contributed by atoms with Crippen LogP contribution in [0.2, 0.25) is 0 Å². The minimum atomic E-state index is -1.10. The average molecular weight is 282 g/mol. The Morgan fingerprint density at radius 3 is 1.86 bits per heavy atom. The van der Waals surface area contributed by atoms with E-state index in [9.17, 15) is 0 Å². The zero-order valence-electron chi connectivity index (χ0n) is 11.6. The summed E-state index contributed by atoms with van der Waals surface area (Å²) in [5, 5.41) is 3.88. The quantitative estimate of drug-likeness (QED) is 0.586. The van der Waals surface area contributed by atoms with Gasteiger partial charge in [-0.1, -0.05) is 78.7 Å². The Bertz CT molecular complexity index is 715. The minimum absolute atomic E-state index is 0.888. The molecule has 0 spiro atoms. The van der Waals surface area contributed by atoms with Crippen LogP contribution in [0.25, 0.3) is 0 Å². The molecule has 3 rings (SSSR count). The van der Waals surface area contributed by atoms with Crippen molar-refractivity contribution in [2.75, 3.05) is 0 Å². The molecule has 0 saturated heterocycles. The lowest BCUT2D eigenvalue weighted by molar-refractivity contribution is 1.71. The Morgan fingerprint density at radius 2 is 1.33 bits per heavy atom. The monoisotopic (exact) mass is 282 g/mol. The van der Waals surface area contributed by atoms with E-state index in [0.717, 1.165) is 5.57 Å². The van der Waals surface area contributed by atoms with Gasteiger partial charge in [0.2, 0.25) is 0 Å². The molecule has 0 N–H and O–H groups in total. The van der Waals surface area contributed by atoms with Gasteiger partial charge >= 0.3 is 0 Å². The Morgan fingerprint density at radius 1 is 0.762 bits per heavy atom. The number of rotatable bonds is 2. The zero-order valence-corrected chi connectivity index (χ0v) is 12.6. The first-order valence-electron chi connectivity index (χ1n) is 6.90. The maximum absolute atomic E-state index is 7.57. The third kappa shape index (κ3) is 2.86. The maximum atomic E-state index is 7.57. The molecule has 0 atom stereocenters. The van der Waals surface area contributed by atoms with E-state index in [1.54, 1.807) is 0 Å². The molecule has 2 radical (unpaired) electrons. The SMILES string of the molecule is [C]#CC1=CC=C[CH]C1=[Si](c1ccccc1)c1ccccc1. The summed E-state index contributed by atoms with van der Waals surface area (Å²) >= 11 is 0. The van der Waals surface area contributed by atoms with Crippen LogP contribution >= 0.6 is 0 Å². The highest BCUT2D eigenvalue weighted by Crippen LogP contribution is 2.08. The maximum Gasteiger partial charge on any atom is 0.0853 e. The number of benzene rings is 2. The van der Waals surface area contributed by atoms with Crippen molar-refractivity contribution in [3.05, 3.63) is 97.3 Å². The van der Waals surface area contributed by atoms with Crippen molar-refractivity contribution < 1.29 is 0 Å². The lowest BCUT2D eigenvalue weighted by Crippen LogP contribution is -2.41. The second-order valence-corrected chi connectivity index (χ2v) is 7.22. The van der Waals surface area contributed by atoms with Crippen molar-refractivity contribution in [1.82, 2.24) is 0 Å². The average Bonchev–Trinajstić information content (AvgIpc) is 2.58. The zero-order chi connectivity index (χ0) is 14.5. The molecule has 0 unspecified atom stereocenters. The summed E-state index contributed by atoms with van der Waals surface area (Å²) in [5.41, 5.74) is 0.888. The summed E-state index contributed by atoms with van der Waals surface area (Å²) in [6, 6.07) is 21.2. The second kappa shape index (κ2) is 6.34. The van der Waals surface area contributed by atoms with E-state index in [4.69, 9.17) is 6.42 Å². The van der Waals surface area contributed by atoms with Gasteiger partial charge in [0.15, 0.2) is 0 Å². The lowest BCUT2D eigenvalue weighted by atomic mass is 10.1. The van der Waals surface area contributed by atoms with Gasteiger partial charge in [-0.3, -0.25) is 0 Å². The van der Waals surface area contributed by atoms with E-state index in [1.807, 2.05) is 30.4 Å². The first kappa shape index (κ1) is 13.5. The van der Waals surface area contributed by atoms with Crippen molar-refractivity contribution in [2.45, 2.75) is 0 Å². The van der Waals surface area contributed by atoms with Gasteiger partial charge in [-0.05, 0) is 28.0 Å². The Hall–Kier alpha value is -2.43. The van der Waals surface area contributed by atoms with Gasteiger partial charge in [-0.25, -0.2) is 0 Å². The normalized spacial score (nSPS) is 13.5. The van der Waals surface area contributed by atoms with Crippen LogP contribution in [0, 0.1) is 18.8 Å². The number of hydrogen-bond donors (Lipinski definition) is 0. The van der Waals surface area contributed by atoms with Crippen LogP contribution in [0.4, 0.5) is 0 Å². The highest BCUT2D eigenvalue weighted by atomic mass is 28.2. The topological polar surface area (TPSA) is 0 Å². The number of hydrogen-bond acceptors (Lipinski definition) is 0. The Labute approximate surface area is 127 Å². The van der Waals surface area contributed by atoms with E-state index in [-0.39, 0.29) is 0 Å². The van der Waals surface area contributed by atoms with Crippen LogP contribution in [0.1, 0.15) is 0 Å². The third-order valence-electron chi connectivity index (χ3n) is 3.46. The summed E-state index contributed by atoms with van der Waals surface area (Å²) in [4.78, 5) is 0. The van der Waals surface area contributed by atoms with Gasteiger partial charge in [0.25, 0.3) is 0 Å². The molecular weight excluding hydrogens is 268 g/mol. The predicted octanol–water partition coefficient (Wildman–Crippen LogP) is 2.34. The van der Waals surface area contributed by atoms with E-state index >= 15 is 0 Å². The molecule has 0 saturated carbocycles. The van der Waals surface area contributed by atoms with Crippen LogP contribution < -0.4 is 10.4 Å². The summed E-state index contributed by atoms with van der Waals surface area (Å²) in [6.07, 6.45) is 15.7. The van der Waals surface area contributed by atoms with Crippen molar-refractivity contribution in [2.24, 2.45) is 0 Å². The summed E-state index contributed by atoms with van der Waals surface area (Å²) < 4.78 is 0. The molecule has 0 amide bonds. The smallest absolute Gasteiger partial charge is 0.0764 e. The fraction of sp³-hybridized carbons (Fsp3) is 0. The molecule has 0 nitrogen and oxygen atoms in total. The van der Waals surface area contributed by atoms with Gasteiger partial charge < -0.3 is 0 Å². The van der Waals surface area contributed by atoms with Crippen molar-refractivity contribution in [3.63, 3.8) is 0 Å². The molecule has 1 aliphatic rings. The standard InChI is InChI=1S/C20H14Si/c1-2-17-11-9-10-16-20(17)21(18-12-5-3-6-13-18)19-14-7-4-8-15-19/h3-16H. The molecule has 0 aromatic heterocycles. The Balaban J connectivity index is 2.26. The molecule has 2 aromatic carbocycles. The van der Waals surface area contributed by atoms with Crippen LogP contribution in [-0.4, -0.2) is 13.6 Å². The van der Waals surface area contributed by atoms with Crippen molar-refractivity contribution in [1.29, 1.82) is 0 Å². The predicted molar refractivity (Wildman–Crippen MR) is 91.6 cm³/mol. The highest BCUT2D eigenvalue weighted by Gasteiger charge is 2.16. The van der Waals surface area contributed by atoms with Crippen LogP contribution in [0.15, 0.2) is 84.5 Å². The molecule has 0 bridgehead atoms. The first-order chi connectivity index (χ1) is 10.4. The summed E-state index contributed by atoms with van der Waals surface area (Å²) in [5.74, 6) is 2.59. The molecule has 0 heterocycles. The van der Waals surface area contributed by atoms with E-state index < -0.39 is 8.41 Å². The van der Waals surface area contributed by atoms with Gasteiger partial charge in [-0.2, -0.15) is 0 Å². The summed E-state index contributed by atoms with van der Waals surface area (Å²) in [7, 11) is -1.10. The molecule has 0 fully saturated rings. The largest absolute Gasteiger partial charge is 0.0853 e. The third-order valence-corrected chi connectivity index (χ3v) is 6.25. The molecule has 1 aliphatic carbocycles. The molecule has 1 heteroatoms. The molecule has 21 heavy (non-hydrogen) atoms. The van der Waals surface area contributed by atoms with E-state index in [1.165, 1.54) is 15.5 Å². The van der Waals surface area contributed by atoms with Crippen molar-refractivity contribution >= 4 is 24.0 Å².